The van der Waals surface area contributed by atoms with Crippen molar-refractivity contribution in [3.8, 4) is 23.0 Å². The summed E-state index contributed by atoms with van der Waals surface area (Å²) < 4.78 is 27.3. The van der Waals surface area contributed by atoms with Crippen LogP contribution in [-0.4, -0.2) is 0 Å². The molecule has 0 bridgehead atoms. The predicted octanol–water partition coefficient (Wildman–Crippen LogP) is 6.67. The molecule has 0 radical (unpaired) electrons. The van der Waals surface area contributed by atoms with Crippen molar-refractivity contribution in [3.63, 3.8) is 0 Å². The van der Waals surface area contributed by atoms with Crippen molar-refractivity contribution in [2.75, 3.05) is 0 Å². The molecule has 0 saturated heterocycles. The minimum Gasteiger partial charge on any atom is -0.203 e. The largest absolute Gasteiger partial charge is 0.203 e. The first-order valence-corrected chi connectivity index (χ1v) is 8.68. The molecular formula is C24H22F2. The lowest BCUT2D eigenvalue weighted by Crippen LogP contribution is -1.92. The van der Waals surface area contributed by atoms with Crippen LogP contribution in [0.15, 0.2) is 60.7 Å². The zero-order chi connectivity index (χ0) is 19.1. The van der Waals surface area contributed by atoms with E-state index >= 15 is 0 Å². The van der Waals surface area contributed by atoms with Crippen LogP contribution >= 0.6 is 0 Å². The minimum atomic E-state index is -0.890. The molecule has 0 saturated carbocycles. The van der Waals surface area contributed by atoms with E-state index in [1.807, 2.05) is 38.1 Å². The van der Waals surface area contributed by atoms with Gasteiger partial charge < -0.3 is 0 Å². The highest BCUT2D eigenvalue weighted by Crippen LogP contribution is 2.20. The van der Waals surface area contributed by atoms with Gasteiger partial charge in [-0.2, -0.15) is 0 Å². The summed E-state index contributed by atoms with van der Waals surface area (Å²) in [5.74, 6) is 3.85. The highest BCUT2D eigenvalue weighted by Gasteiger charge is 2.08. The Kier molecular flexibility index (Phi) is 6.69. The number of hydrogen-bond donors (Lipinski definition) is 0. The van der Waals surface area contributed by atoms with Gasteiger partial charge in [0.2, 0.25) is 0 Å². The molecule has 0 aliphatic heterocycles. The Bertz CT molecular complexity index is 925. The first kappa shape index (κ1) is 19.4. The van der Waals surface area contributed by atoms with Crippen molar-refractivity contribution >= 4 is 0 Å². The summed E-state index contributed by atoms with van der Waals surface area (Å²) in [5, 5.41) is 0. The van der Waals surface area contributed by atoms with Crippen molar-refractivity contribution in [2.24, 2.45) is 0 Å². The fourth-order valence-corrected chi connectivity index (χ4v) is 2.37. The lowest BCUT2D eigenvalue weighted by atomic mass is 10.0. The molecule has 0 unspecified atom stereocenters. The summed E-state index contributed by atoms with van der Waals surface area (Å²) in [4.78, 5) is 0. The van der Waals surface area contributed by atoms with E-state index < -0.39 is 11.6 Å². The molecule has 0 nitrogen and oxygen atoms in total. The van der Waals surface area contributed by atoms with E-state index in [-0.39, 0.29) is 11.1 Å². The van der Waals surface area contributed by atoms with E-state index in [2.05, 4.69) is 43.0 Å². The van der Waals surface area contributed by atoms with Crippen molar-refractivity contribution in [1.29, 1.82) is 0 Å². The van der Waals surface area contributed by atoms with E-state index in [0.717, 1.165) is 16.7 Å². The molecule has 3 rings (SSSR count). The van der Waals surface area contributed by atoms with Gasteiger partial charge in [-0.3, -0.25) is 0 Å². The number of halogens is 2. The first-order valence-electron chi connectivity index (χ1n) is 8.68. The summed E-state index contributed by atoms with van der Waals surface area (Å²) in [7, 11) is 0. The molecule has 3 aromatic carbocycles. The van der Waals surface area contributed by atoms with Gasteiger partial charge in [0.1, 0.15) is 0 Å². The summed E-state index contributed by atoms with van der Waals surface area (Å²) in [6.07, 6.45) is 0. The summed E-state index contributed by atoms with van der Waals surface area (Å²) in [6, 6.07) is 19.0. The highest BCUT2D eigenvalue weighted by atomic mass is 19.2. The normalized spacial score (nSPS) is 9.62. The molecular weight excluding hydrogens is 326 g/mol. The molecule has 0 spiro atoms. The van der Waals surface area contributed by atoms with Crippen LogP contribution in [-0.2, 0) is 0 Å². The van der Waals surface area contributed by atoms with Crippen LogP contribution in [0.2, 0.25) is 0 Å². The average Bonchev–Trinajstić information content (AvgIpc) is 2.68. The average molecular weight is 348 g/mol. The van der Waals surface area contributed by atoms with Crippen LogP contribution < -0.4 is 0 Å². The Hall–Kier alpha value is -2.92. The van der Waals surface area contributed by atoms with Crippen molar-refractivity contribution in [2.45, 2.75) is 27.7 Å². The third kappa shape index (κ3) is 4.58. The second-order valence-electron chi connectivity index (χ2n) is 5.75. The van der Waals surface area contributed by atoms with Crippen LogP contribution in [0.4, 0.5) is 8.78 Å². The first-order chi connectivity index (χ1) is 12.5. The van der Waals surface area contributed by atoms with Gasteiger partial charge in [-0.05, 0) is 48.7 Å². The van der Waals surface area contributed by atoms with Gasteiger partial charge in [0, 0.05) is 5.56 Å². The zero-order valence-electron chi connectivity index (χ0n) is 15.5. The van der Waals surface area contributed by atoms with Gasteiger partial charge in [-0.1, -0.05) is 73.7 Å². The third-order valence-corrected chi connectivity index (χ3v) is 3.89. The van der Waals surface area contributed by atoms with Gasteiger partial charge in [0.05, 0.1) is 5.56 Å². The molecule has 0 aliphatic rings. The summed E-state index contributed by atoms with van der Waals surface area (Å²) in [5.41, 5.74) is 4.54. The van der Waals surface area contributed by atoms with E-state index in [9.17, 15) is 8.78 Å². The zero-order valence-corrected chi connectivity index (χ0v) is 15.5. The number of rotatable bonds is 1. The fourth-order valence-electron chi connectivity index (χ4n) is 2.37. The second kappa shape index (κ2) is 8.97. The van der Waals surface area contributed by atoms with Crippen LogP contribution in [0, 0.1) is 37.3 Å². The third-order valence-electron chi connectivity index (χ3n) is 3.89. The smallest absolute Gasteiger partial charge is 0.174 e. The second-order valence-corrected chi connectivity index (χ2v) is 5.75. The molecule has 0 N–H and O–H groups in total. The maximum Gasteiger partial charge on any atom is 0.174 e. The predicted molar refractivity (Wildman–Crippen MR) is 105 cm³/mol. The number of hydrogen-bond acceptors (Lipinski definition) is 0. The van der Waals surface area contributed by atoms with E-state index in [4.69, 9.17) is 0 Å². The van der Waals surface area contributed by atoms with Crippen LogP contribution in [0.1, 0.15) is 36.1 Å². The fraction of sp³-hybridized carbons (Fsp3) is 0.167. The molecule has 3 aromatic rings. The Balaban J connectivity index is 0.00000117. The minimum absolute atomic E-state index is 0.0701. The van der Waals surface area contributed by atoms with Crippen LogP contribution in [0.3, 0.4) is 0 Å². The molecule has 132 valence electrons. The molecule has 26 heavy (non-hydrogen) atoms. The van der Waals surface area contributed by atoms with Gasteiger partial charge in [-0.15, -0.1) is 0 Å². The lowest BCUT2D eigenvalue weighted by Gasteiger charge is -2.02. The van der Waals surface area contributed by atoms with Gasteiger partial charge in [0.15, 0.2) is 11.6 Å². The molecule has 0 fully saturated rings. The van der Waals surface area contributed by atoms with E-state index in [0.29, 0.717) is 0 Å². The number of aryl methyl sites for hydroxylation is 2. The van der Waals surface area contributed by atoms with Crippen molar-refractivity contribution < 1.29 is 8.78 Å². The molecule has 0 atom stereocenters. The highest BCUT2D eigenvalue weighted by molar-refractivity contribution is 5.64. The lowest BCUT2D eigenvalue weighted by molar-refractivity contribution is 0.501. The van der Waals surface area contributed by atoms with Crippen molar-refractivity contribution in [3.05, 3.63) is 94.6 Å². The maximum absolute atomic E-state index is 13.8. The Morgan fingerprint density at radius 3 is 1.73 bits per heavy atom. The Morgan fingerprint density at radius 2 is 1.15 bits per heavy atom. The molecule has 0 heterocycles. The molecule has 0 aromatic heterocycles. The molecule has 2 heteroatoms. The summed E-state index contributed by atoms with van der Waals surface area (Å²) in [6.45, 7) is 7.58. The quantitative estimate of drug-likeness (QED) is 0.431. The van der Waals surface area contributed by atoms with E-state index in [1.165, 1.54) is 24.6 Å². The Morgan fingerprint density at radius 1 is 0.615 bits per heavy atom. The van der Waals surface area contributed by atoms with Gasteiger partial charge in [-0.25, -0.2) is 8.78 Å². The van der Waals surface area contributed by atoms with Crippen LogP contribution in [0.25, 0.3) is 11.1 Å². The number of benzene rings is 3. The van der Waals surface area contributed by atoms with E-state index in [1.54, 1.807) is 0 Å². The summed E-state index contributed by atoms with van der Waals surface area (Å²) >= 11 is 0. The van der Waals surface area contributed by atoms with Gasteiger partial charge >= 0.3 is 0 Å². The van der Waals surface area contributed by atoms with Crippen molar-refractivity contribution in [1.82, 2.24) is 0 Å². The monoisotopic (exact) mass is 348 g/mol. The Labute approximate surface area is 154 Å². The SMILES string of the molecule is CC.Cc1ccc(-c2ccc(C#Cc3ccc(C)c(F)c3F)cc2)cc1. The topological polar surface area (TPSA) is 0 Å². The molecule has 0 amide bonds. The maximum atomic E-state index is 13.8. The molecule has 0 aliphatic carbocycles. The standard InChI is InChI=1S/C22H16F2.C2H6/c1-15-3-9-18(10-4-15)19-12-6-17(7-13-19)8-14-20-11-5-16(2)21(23)22(20)24;1-2/h3-7,9-13H,1-2H3;1-2H3. The van der Waals surface area contributed by atoms with Gasteiger partial charge in [0.25, 0.3) is 0 Å². The van der Waals surface area contributed by atoms with Crippen LogP contribution in [0.5, 0.6) is 0 Å².